The van der Waals surface area contributed by atoms with Crippen LogP contribution in [0.25, 0.3) is 0 Å². The van der Waals surface area contributed by atoms with Gasteiger partial charge in [-0.05, 0) is 30.0 Å². The highest BCUT2D eigenvalue weighted by Crippen LogP contribution is 2.18. The zero-order valence-corrected chi connectivity index (χ0v) is 11.5. The van der Waals surface area contributed by atoms with Crippen molar-refractivity contribution in [3.05, 3.63) is 29.8 Å². The molecule has 0 saturated carbocycles. The molecular formula is C15H23NO2. The Labute approximate surface area is 110 Å². The maximum Gasteiger partial charge on any atom is 0.220 e. The van der Waals surface area contributed by atoms with Gasteiger partial charge in [-0.15, -0.1) is 0 Å². The lowest BCUT2D eigenvalue weighted by Crippen LogP contribution is -2.27. The Balaban J connectivity index is 2.25. The summed E-state index contributed by atoms with van der Waals surface area (Å²) in [6.07, 6.45) is 1.46. The van der Waals surface area contributed by atoms with Crippen LogP contribution in [0.2, 0.25) is 0 Å². The Morgan fingerprint density at radius 2 is 1.94 bits per heavy atom. The lowest BCUT2D eigenvalue weighted by atomic mass is 10.0. The van der Waals surface area contributed by atoms with Crippen LogP contribution in [0.1, 0.15) is 45.1 Å². The normalized spacial score (nSPS) is 10.4. The van der Waals surface area contributed by atoms with E-state index in [2.05, 4.69) is 31.3 Å². The van der Waals surface area contributed by atoms with Crippen molar-refractivity contribution >= 4 is 5.91 Å². The second-order valence-corrected chi connectivity index (χ2v) is 4.67. The molecule has 3 heteroatoms. The third kappa shape index (κ3) is 5.21. The van der Waals surface area contributed by atoms with Crippen molar-refractivity contribution in [3.63, 3.8) is 0 Å². The number of hydrogen-bond donors (Lipinski definition) is 1. The van der Waals surface area contributed by atoms with E-state index in [1.165, 1.54) is 5.56 Å². The van der Waals surface area contributed by atoms with E-state index in [0.29, 0.717) is 25.5 Å². The third-order valence-corrected chi connectivity index (χ3v) is 2.72. The number of amides is 1. The van der Waals surface area contributed by atoms with Gasteiger partial charge >= 0.3 is 0 Å². The molecule has 0 radical (unpaired) electrons. The summed E-state index contributed by atoms with van der Waals surface area (Å²) in [6.45, 7) is 7.39. The molecule has 0 spiro atoms. The van der Waals surface area contributed by atoms with Gasteiger partial charge < -0.3 is 10.1 Å². The SMILES string of the molecule is CCCC(=O)NCCOc1ccc(C(C)C)cc1. The van der Waals surface area contributed by atoms with Gasteiger partial charge in [0.1, 0.15) is 12.4 Å². The number of ether oxygens (including phenoxy) is 1. The maximum absolute atomic E-state index is 11.2. The fourth-order valence-corrected chi connectivity index (χ4v) is 1.62. The van der Waals surface area contributed by atoms with E-state index < -0.39 is 0 Å². The topological polar surface area (TPSA) is 38.3 Å². The van der Waals surface area contributed by atoms with Crippen LogP contribution in [-0.2, 0) is 4.79 Å². The first-order chi connectivity index (χ1) is 8.63. The van der Waals surface area contributed by atoms with Crippen molar-refractivity contribution in [1.82, 2.24) is 5.32 Å². The van der Waals surface area contributed by atoms with Gasteiger partial charge in [0.2, 0.25) is 5.91 Å². The van der Waals surface area contributed by atoms with E-state index in [4.69, 9.17) is 4.74 Å². The van der Waals surface area contributed by atoms with Crippen LogP contribution in [0.15, 0.2) is 24.3 Å². The molecule has 0 atom stereocenters. The van der Waals surface area contributed by atoms with Crippen molar-refractivity contribution < 1.29 is 9.53 Å². The smallest absolute Gasteiger partial charge is 0.220 e. The van der Waals surface area contributed by atoms with Crippen molar-refractivity contribution in [2.45, 2.75) is 39.5 Å². The molecule has 0 unspecified atom stereocenters. The fraction of sp³-hybridized carbons (Fsp3) is 0.533. The van der Waals surface area contributed by atoms with Crippen molar-refractivity contribution in [1.29, 1.82) is 0 Å². The summed E-state index contributed by atoms with van der Waals surface area (Å²) < 4.78 is 5.55. The van der Waals surface area contributed by atoms with E-state index in [0.717, 1.165) is 12.2 Å². The van der Waals surface area contributed by atoms with Crippen LogP contribution < -0.4 is 10.1 Å². The molecule has 0 fully saturated rings. The summed E-state index contributed by atoms with van der Waals surface area (Å²) >= 11 is 0. The molecule has 0 aliphatic carbocycles. The predicted octanol–water partition coefficient (Wildman–Crippen LogP) is 3.11. The van der Waals surface area contributed by atoms with Crippen LogP contribution in [0.3, 0.4) is 0 Å². The summed E-state index contributed by atoms with van der Waals surface area (Å²) in [6, 6.07) is 8.11. The van der Waals surface area contributed by atoms with Crippen molar-refractivity contribution in [2.75, 3.05) is 13.2 Å². The quantitative estimate of drug-likeness (QED) is 0.754. The first-order valence-electron chi connectivity index (χ1n) is 6.63. The average molecular weight is 249 g/mol. The van der Waals surface area contributed by atoms with Crippen molar-refractivity contribution in [2.24, 2.45) is 0 Å². The number of carbonyl (C=O) groups is 1. The molecule has 0 saturated heterocycles. The second kappa shape index (κ2) is 7.75. The second-order valence-electron chi connectivity index (χ2n) is 4.67. The predicted molar refractivity (Wildman–Crippen MR) is 73.9 cm³/mol. The van der Waals surface area contributed by atoms with E-state index in [1.807, 2.05) is 19.1 Å². The van der Waals surface area contributed by atoms with Crippen LogP contribution in [0.4, 0.5) is 0 Å². The highest BCUT2D eigenvalue weighted by atomic mass is 16.5. The largest absolute Gasteiger partial charge is 0.492 e. The summed E-state index contributed by atoms with van der Waals surface area (Å²) in [7, 11) is 0. The Kier molecular flexibility index (Phi) is 6.26. The van der Waals surface area contributed by atoms with Crippen LogP contribution in [-0.4, -0.2) is 19.1 Å². The molecule has 18 heavy (non-hydrogen) atoms. The van der Waals surface area contributed by atoms with Gasteiger partial charge in [-0.25, -0.2) is 0 Å². The van der Waals surface area contributed by atoms with E-state index in [-0.39, 0.29) is 5.91 Å². The Hall–Kier alpha value is -1.51. The minimum absolute atomic E-state index is 0.0938. The van der Waals surface area contributed by atoms with Gasteiger partial charge in [-0.1, -0.05) is 32.9 Å². The zero-order valence-electron chi connectivity index (χ0n) is 11.5. The Morgan fingerprint density at radius 1 is 1.28 bits per heavy atom. The number of hydrogen-bond acceptors (Lipinski definition) is 2. The highest BCUT2D eigenvalue weighted by Gasteiger charge is 2.00. The van der Waals surface area contributed by atoms with Crippen LogP contribution in [0, 0.1) is 0 Å². The minimum Gasteiger partial charge on any atom is -0.492 e. The van der Waals surface area contributed by atoms with E-state index >= 15 is 0 Å². The third-order valence-electron chi connectivity index (χ3n) is 2.72. The molecule has 1 amide bonds. The van der Waals surface area contributed by atoms with E-state index in [1.54, 1.807) is 0 Å². The molecule has 0 aromatic heterocycles. The van der Waals surface area contributed by atoms with Gasteiger partial charge in [0.15, 0.2) is 0 Å². The first-order valence-corrected chi connectivity index (χ1v) is 6.63. The molecule has 0 bridgehead atoms. The number of nitrogens with one attached hydrogen (secondary N) is 1. The summed E-state index contributed by atoms with van der Waals surface area (Å²) in [5.41, 5.74) is 1.30. The maximum atomic E-state index is 11.2. The highest BCUT2D eigenvalue weighted by molar-refractivity contribution is 5.75. The molecule has 0 aliphatic heterocycles. The van der Waals surface area contributed by atoms with Crippen LogP contribution >= 0.6 is 0 Å². The standard InChI is InChI=1S/C15H23NO2/c1-4-5-15(17)16-10-11-18-14-8-6-13(7-9-14)12(2)3/h6-9,12H,4-5,10-11H2,1-3H3,(H,16,17). The monoisotopic (exact) mass is 249 g/mol. The number of rotatable bonds is 7. The molecule has 1 N–H and O–H groups in total. The van der Waals surface area contributed by atoms with Gasteiger partial charge in [-0.3, -0.25) is 4.79 Å². The molecular weight excluding hydrogens is 226 g/mol. The molecule has 3 nitrogen and oxygen atoms in total. The van der Waals surface area contributed by atoms with E-state index in [9.17, 15) is 4.79 Å². The van der Waals surface area contributed by atoms with Gasteiger partial charge in [-0.2, -0.15) is 0 Å². The summed E-state index contributed by atoms with van der Waals surface area (Å²) in [4.78, 5) is 11.2. The van der Waals surface area contributed by atoms with Gasteiger partial charge in [0.25, 0.3) is 0 Å². The first kappa shape index (κ1) is 14.6. The average Bonchev–Trinajstić information content (AvgIpc) is 2.35. The van der Waals surface area contributed by atoms with Gasteiger partial charge in [0.05, 0.1) is 6.54 Å². The summed E-state index contributed by atoms with van der Waals surface area (Å²) in [5, 5.41) is 2.82. The minimum atomic E-state index is 0.0938. The Bertz CT molecular complexity index is 357. The zero-order chi connectivity index (χ0) is 13.4. The number of benzene rings is 1. The number of carbonyl (C=O) groups excluding carboxylic acids is 1. The summed E-state index contributed by atoms with van der Waals surface area (Å²) in [5.74, 6) is 1.48. The van der Waals surface area contributed by atoms with Crippen LogP contribution in [0.5, 0.6) is 5.75 Å². The van der Waals surface area contributed by atoms with Gasteiger partial charge in [0, 0.05) is 6.42 Å². The molecule has 100 valence electrons. The lowest BCUT2D eigenvalue weighted by Gasteiger charge is -2.09. The molecule has 1 aromatic carbocycles. The Morgan fingerprint density at radius 3 is 2.50 bits per heavy atom. The molecule has 0 heterocycles. The fourth-order valence-electron chi connectivity index (χ4n) is 1.62. The van der Waals surface area contributed by atoms with Crippen molar-refractivity contribution in [3.8, 4) is 5.75 Å². The molecule has 0 aliphatic rings. The molecule has 1 rings (SSSR count). The lowest BCUT2D eigenvalue weighted by molar-refractivity contribution is -0.121. The molecule has 1 aromatic rings.